The van der Waals surface area contributed by atoms with Gasteiger partial charge in [0.1, 0.15) is 0 Å². The highest BCUT2D eigenvalue weighted by molar-refractivity contribution is 9.10. The molecule has 0 aliphatic heterocycles. The van der Waals surface area contributed by atoms with Crippen molar-refractivity contribution in [2.45, 2.75) is 0 Å². The Morgan fingerprint density at radius 2 is 2.17 bits per heavy atom. The third-order valence-electron chi connectivity index (χ3n) is 2.07. The van der Waals surface area contributed by atoms with Crippen LogP contribution in [0.5, 0.6) is 17.6 Å². The molecule has 0 fully saturated rings. The molecule has 18 heavy (non-hydrogen) atoms. The van der Waals surface area contributed by atoms with Gasteiger partial charge in [-0.05, 0) is 28.1 Å². The molecule has 0 amide bonds. The molecule has 0 aliphatic rings. The SMILES string of the molecule is COc1nc(Oc2c(N)cccc2Cl)ncc1Br. The van der Waals surface area contributed by atoms with Gasteiger partial charge in [0.15, 0.2) is 5.75 Å². The van der Waals surface area contributed by atoms with Crippen LogP contribution in [-0.4, -0.2) is 17.1 Å². The molecular weight excluding hydrogens is 321 g/mol. The first-order valence-electron chi connectivity index (χ1n) is 4.90. The minimum absolute atomic E-state index is 0.106. The molecule has 0 unspecified atom stereocenters. The number of hydrogen-bond donors (Lipinski definition) is 1. The van der Waals surface area contributed by atoms with E-state index in [1.165, 1.54) is 13.3 Å². The van der Waals surface area contributed by atoms with Gasteiger partial charge in [-0.15, -0.1) is 0 Å². The summed E-state index contributed by atoms with van der Waals surface area (Å²) >= 11 is 9.23. The molecule has 1 heterocycles. The third-order valence-corrected chi connectivity index (χ3v) is 2.92. The molecule has 0 radical (unpaired) electrons. The van der Waals surface area contributed by atoms with E-state index in [0.29, 0.717) is 26.8 Å². The van der Waals surface area contributed by atoms with Gasteiger partial charge in [0.2, 0.25) is 5.88 Å². The van der Waals surface area contributed by atoms with Crippen LogP contribution in [0.15, 0.2) is 28.9 Å². The van der Waals surface area contributed by atoms with Gasteiger partial charge in [0.25, 0.3) is 0 Å². The highest BCUT2D eigenvalue weighted by Gasteiger charge is 2.11. The zero-order chi connectivity index (χ0) is 13.1. The molecule has 1 aromatic carbocycles. The molecule has 0 bridgehead atoms. The number of para-hydroxylation sites is 1. The maximum atomic E-state index is 5.98. The zero-order valence-electron chi connectivity index (χ0n) is 9.35. The molecule has 0 atom stereocenters. The lowest BCUT2D eigenvalue weighted by Crippen LogP contribution is -1.98. The Bertz CT molecular complexity index is 560. The normalized spacial score (nSPS) is 10.2. The summed E-state index contributed by atoms with van der Waals surface area (Å²) in [4.78, 5) is 8.04. The van der Waals surface area contributed by atoms with Gasteiger partial charge in [-0.25, -0.2) is 4.98 Å². The third kappa shape index (κ3) is 2.65. The number of hydrogen-bond acceptors (Lipinski definition) is 5. The summed E-state index contributed by atoms with van der Waals surface area (Å²) in [7, 11) is 1.50. The smallest absolute Gasteiger partial charge is 0.325 e. The predicted molar refractivity (Wildman–Crippen MR) is 72.2 cm³/mol. The van der Waals surface area contributed by atoms with E-state index in [1.54, 1.807) is 18.2 Å². The van der Waals surface area contributed by atoms with Gasteiger partial charge in [0, 0.05) is 0 Å². The van der Waals surface area contributed by atoms with Crippen molar-refractivity contribution in [2.75, 3.05) is 12.8 Å². The number of anilines is 1. The van der Waals surface area contributed by atoms with E-state index in [1.807, 2.05) is 0 Å². The number of benzene rings is 1. The summed E-state index contributed by atoms with van der Waals surface area (Å²) in [6.07, 6.45) is 1.52. The van der Waals surface area contributed by atoms with Crippen LogP contribution in [0.1, 0.15) is 0 Å². The van der Waals surface area contributed by atoms with Crippen molar-refractivity contribution in [3.8, 4) is 17.6 Å². The Labute approximate surface area is 117 Å². The molecule has 0 spiro atoms. The van der Waals surface area contributed by atoms with E-state index in [9.17, 15) is 0 Å². The summed E-state index contributed by atoms with van der Waals surface area (Å²) in [6.45, 7) is 0. The van der Waals surface area contributed by atoms with Crippen LogP contribution in [0.3, 0.4) is 0 Å². The van der Waals surface area contributed by atoms with Crippen LogP contribution < -0.4 is 15.2 Å². The average molecular weight is 331 g/mol. The Balaban J connectivity index is 2.34. The molecule has 7 heteroatoms. The number of halogens is 2. The largest absolute Gasteiger partial charge is 0.480 e. The number of nitrogens with zero attached hydrogens (tertiary/aromatic N) is 2. The molecule has 2 rings (SSSR count). The maximum Gasteiger partial charge on any atom is 0.325 e. The Morgan fingerprint density at radius 3 is 2.83 bits per heavy atom. The fraction of sp³-hybridized carbons (Fsp3) is 0.0909. The molecule has 2 aromatic rings. The van der Waals surface area contributed by atoms with Gasteiger partial charge in [-0.3, -0.25) is 0 Å². The Hall–Kier alpha value is -1.53. The fourth-order valence-corrected chi connectivity index (χ4v) is 1.83. The predicted octanol–water partition coefficient (Wildman–Crippen LogP) is 3.28. The minimum Gasteiger partial charge on any atom is -0.480 e. The molecule has 0 aliphatic carbocycles. The first kappa shape index (κ1) is 12.9. The van der Waals surface area contributed by atoms with E-state index in [-0.39, 0.29) is 6.01 Å². The topological polar surface area (TPSA) is 70.3 Å². The first-order valence-corrected chi connectivity index (χ1v) is 6.07. The summed E-state index contributed by atoms with van der Waals surface area (Å²) in [6, 6.07) is 5.18. The lowest BCUT2D eigenvalue weighted by molar-refractivity contribution is 0.374. The van der Waals surface area contributed by atoms with Crippen LogP contribution in [-0.2, 0) is 0 Å². The molecule has 0 saturated heterocycles. The van der Waals surface area contributed by atoms with Gasteiger partial charge in [0.05, 0.1) is 28.5 Å². The quantitative estimate of drug-likeness (QED) is 0.875. The summed E-state index contributed by atoms with van der Waals surface area (Å²) in [5, 5.41) is 0.389. The van der Waals surface area contributed by atoms with E-state index in [2.05, 4.69) is 25.9 Å². The van der Waals surface area contributed by atoms with E-state index < -0.39 is 0 Å². The van der Waals surface area contributed by atoms with Gasteiger partial charge in [-0.2, -0.15) is 4.98 Å². The molecule has 0 saturated carbocycles. The van der Waals surface area contributed by atoms with Crippen LogP contribution in [0, 0.1) is 0 Å². The van der Waals surface area contributed by atoms with E-state index in [4.69, 9.17) is 26.8 Å². The van der Waals surface area contributed by atoms with Crippen molar-refractivity contribution in [3.63, 3.8) is 0 Å². The zero-order valence-corrected chi connectivity index (χ0v) is 11.7. The molecule has 5 nitrogen and oxygen atoms in total. The number of aromatic nitrogens is 2. The van der Waals surface area contributed by atoms with Crippen molar-refractivity contribution in [1.29, 1.82) is 0 Å². The second-order valence-corrected chi connectivity index (χ2v) is 4.53. The minimum atomic E-state index is 0.106. The number of methoxy groups -OCH3 is 1. The number of ether oxygens (including phenoxy) is 2. The monoisotopic (exact) mass is 329 g/mol. The molecular formula is C11H9BrClN3O2. The van der Waals surface area contributed by atoms with Crippen LogP contribution in [0.25, 0.3) is 0 Å². The van der Waals surface area contributed by atoms with E-state index >= 15 is 0 Å². The number of nitrogens with two attached hydrogens (primary N) is 1. The van der Waals surface area contributed by atoms with Gasteiger partial charge >= 0.3 is 6.01 Å². The second kappa shape index (κ2) is 5.41. The van der Waals surface area contributed by atoms with Gasteiger partial charge in [-0.1, -0.05) is 17.7 Å². The molecule has 94 valence electrons. The van der Waals surface area contributed by atoms with Crippen molar-refractivity contribution in [3.05, 3.63) is 33.9 Å². The Morgan fingerprint density at radius 1 is 1.39 bits per heavy atom. The first-order chi connectivity index (χ1) is 8.61. The summed E-state index contributed by atoms with van der Waals surface area (Å²) < 4.78 is 11.1. The second-order valence-electron chi connectivity index (χ2n) is 3.27. The van der Waals surface area contributed by atoms with Crippen molar-refractivity contribution < 1.29 is 9.47 Å². The lowest BCUT2D eigenvalue weighted by atomic mass is 10.3. The lowest BCUT2D eigenvalue weighted by Gasteiger charge is -2.09. The standard InChI is InChI=1S/C11H9BrClN3O2/c1-17-10-6(12)5-15-11(16-10)18-9-7(13)3-2-4-8(9)14/h2-5H,14H2,1H3. The van der Waals surface area contributed by atoms with Crippen molar-refractivity contribution >= 4 is 33.2 Å². The summed E-state index contributed by atoms with van der Waals surface area (Å²) in [5.41, 5.74) is 6.17. The van der Waals surface area contributed by atoms with Crippen LogP contribution in [0.4, 0.5) is 5.69 Å². The van der Waals surface area contributed by atoms with Crippen LogP contribution >= 0.6 is 27.5 Å². The highest BCUT2D eigenvalue weighted by Crippen LogP contribution is 2.34. The Kier molecular flexibility index (Phi) is 3.88. The fourth-order valence-electron chi connectivity index (χ4n) is 1.25. The number of rotatable bonds is 3. The maximum absolute atomic E-state index is 5.98. The number of nitrogen functional groups attached to an aromatic ring is 1. The van der Waals surface area contributed by atoms with Crippen LogP contribution in [0.2, 0.25) is 5.02 Å². The molecule has 2 N–H and O–H groups in total. The molecule has 1 aromatic heterocycles. The van der Waals surface area contributed by atoms with Crippen molar-refractivity contribution in [1.82, 2.24) is 9.97 Å². The van der Waals surface area contributed by atoms with E-state index in [0.717, 1.165) is 0 Å². The summed E-state index contributed by atoms with van der Waals surface area (Å²) in [5.74, 6) is 0.689. The van der Waals surface area contributed by atoms with Crippen molar-refractivity contribution in [2.24, 2.45) is 0 Å². The average Bonchev–Trinajstić information content (AvgIpc) is 2.36. The highest BCUT2D eigenvalue weighted by atomic mass is 79.9. The van der Waals surface area contributed by atoms with Gasteiger partial charge < -0.3 is 15.2 Å².